The number of nitrogens with one attached hydrogen (secondary N) is 1. The molecule has 0 aliphatic rings. The molecule has 152 valence electrons. The molecule has 29 heavy (non-hydrogen) atoms. The number of carbonyl (C=O) groups excluding carboxylic acids is 1. The van der Waals surface area contributed by atoms with Gasteiger partial charge in [-0.15, -0.1) is 0 Å². The van der Waals surface area contributed by atoms with E-state index in [-0.39, 0.29) is 22.9 Å². The van der Waals surface area contributed by atoms with E-state index in [2.05, 4.69) is 26.2 Å². The van der Waals surface area contributed by atoms with E-state index in [1.165, 1.54) is 0 Å². The van der Waals surface area contributed by atoms with Gasteiger partial charge in [0.1, 0.15) is 11.6 Å². The molecule has 1 amide bonds. The van der Waals surface area contributed by atoms with Crippen LogP contribution in [0.4, 0.5) is 14.5 Å². The van der Waals surface area contributed by atoms with Crippen molar-refractivity contribution in [2.24, 2.45) is 5.92 Å². The summed E-state index contributed by atoms with van der Waals surface area (Å²) < 4.78 is 29.3. The fraction of sp³-hybridized carbons (Fsp3) is 0.250. The molecule has 0 aliphatic carbocycles. The van der Waals surface area contributed by atoms with Crippen molar-refractivity contribution in [3.05, 3.63) is 62.9 Å². The maximum absolute atomic E-state index is 13.7. The van der Waals surface area contributed by atoms with Crippen LogP contribution in [0, 0.1) is 17.6 Å². The number of aromatic nitrogens is 2. The van der Waals surface area contributed by atoms with E-state index < -0.39 is 17.5 Å². The van der Waals surface area contributed by atoms with E-state index in [9.17, 15) is 18.4 Å². The normalized spacial score (nSPS) is 11.2. The van der Waals surface area contributed by atoms with Crippen molar-refractivity contribution in [2.75, 3.05) is 11.1 Å². The molecule has 0 radical (unpaired) electrons. The van der Waals surface area contributed by atoms with Crippen LogP contribution in [0.1, 0.15) is 13.8 Å². The summed E-state index contributed by atoms with van der Waals surface area (Å²) in [7, 11) is 0. The SMILES string of the molecule is CC(C)Cn1c(SCC(=O)Nc2cc(F)ccc2F)nc2ccc(Br)cc2c1=O. The first kappa shape index (κ1) is 21.4. The predicted molar refractivity (Wildman–Crippen MR) is 114 cm³/mol. The Morgan fingerprint density at radius 3 is 2.72 bits per heavy atom. The van der Waals surface area contributed by atoms with Gasteiger partial charge in [0.25, 0.3) is 5.56 Å². The van der Waals surface area contributed by atoms with Crippen LogP contribution in [0.2, 0.25) is 0 Å². The Kier molecular flexibility index (Phi) is 6.69. The topological polar surface area (TPSA) is 64.0 Å². The Morgan fingerprint density at radius 2 is 2.00 bits per heavy atom. The second-order valence-corrected chi connectivity index (χ2v) is 8.68. The van der Waals surface area contributed by atoms with Crippen LogP contribution in [0.25, 0.3) is 10.9 Å². The Bertz CT molecular complexity index is 1130. The van der Waals surface area contributed by atoms with E-state index in [0.717, 1.165) is 34.4 Å². The van der Waals surface area contributed by atoms with Gasteiger partial charge in [-0.3, -0.25) is 14.2 Å². The van der Waals surface area contributed by atoms with Crippen molar-refractivity contribution in [1.82, 2.24) is 9.55 Å². The molecule has 0 unspecified atom stereocenters. The molecular weight excluding hydrogens is 464 g/mol. The summed E-state index contributed by atoms with van der Waals surface area (Å²) in [4.78, 5) is 29.7. The van der Waals surface area contributed by atoms with Gasteiger partial charge >= 0.3 is 0 Å². The molecule has 3 aromatic rings. The first-order valence-electron chi connectivity index (χ1n) is 8.82. The molecule has 0 fully saturated rings. The second-order valence-electron chi connectivity index (χ2n) is 6.83. The van der Waals surface area contributed by atoms with Gasteiger partial charge < -0.3 is 5.32 Å². The van der Waals surface area contributed by atoms with Crippen molar-refractivity contribution in [3.8, 4) is 0 Å². The lowest BCUT2D eigenvalue weighted by molar-refractivity contribution is -0.113. The molecule has 0 aliphatic heterocycles. The molecule has 9 heteroatoms. The van der Waals surface area contributed by atoms with E-state index in [1.807, 2.05) is 13.8 Å². The Hall–Kier alpha value is -2.26. The Labute approximate surface area is 178 Å². The van der Waals surface area contributed by atoms with Crippen LogP contribution in [-0.2, 0) is 11.3 Å². The number of fused-ring (bicyclic) bond motifs is 1. The highest BCUT2D eigenvalue weighted by Crippen LogP contribution is 2.22. The summed E-state index contributed by atoms with van der Waals surface area (Å²) in [6.07, 6.45) is 0. The van der Waals surface area contributed by atoms with E-state index in [1.54, 1.807) is 22.8 Å². The molecule has 2 aromatic carbocycles. The number of carbonyl (C=O) groups is 1. The minimum absolute atomic E-state index is 0.109. The quantitative estimate of drug-likeness (QED) is 0.404. The molecule has 5 nitrogen and oxygen atoms in total. The van der Waals surface area contributed by atoms with Crippen molar-refractivity contribution in [2.45, 2.75) is 25.5 Å². The summed E-state index contributed by atoms with van der Waals surface area (Å²) in [6, 6.07) is 8.07. The molecule has 0 atom stereocenters. The lowest BCUT2D eigenvalue weighted by Crippen LogP contribution is -2.26. The zero-order chi connectivity index (χ0) is 21.1. The molecule has 1 aromatic heterocycles. The van der Waals surface area contributed by atoms with Gasteiger partial charge in [-0.25, -0.2) is 13.8 Å². The average molecular weight is 482 g/mol. The molecule has 3 rings (SSSR count). The van der Waals surface area contributed by atoms with Gasteiger partial charge in [0.05, 0.1) is 22.3 Å². The van der Waals surface area contributed by atoms with Crippen molar-refractivity contribution in [1.29, 1.82) is 0 Å². The van der Waals surface area contributed by atoms with Crippen LogP contribution < -0.4 is 10.9 Å². The number of hydrogen-bond acceptors (Lipinski definition) is 4. The lowest BCUT2D eigenvalue weighted by Gasteiger charge is -2.15. The minimum atomic E-state index is -0.726. The van der Waals surface area contributed by atoms with Crippen LogP contribution in [0.15, 0.2) is 50.8 Å². The molecule has 0 saturated heterocycles. The molecule has 0 bridgehead atoms. The number of thioether (sulfide) groups is 1. The smallest absolute Gasteiger partial charge is 0.262 e. The highest BCUT2D eigenvalue weighted by molar-refractivity contribution is 9.10. The van der Waals surface area contributed by atoms with Gasteiger partial charge in [0, 0.05) is 17.1 Å². The zero-order valence-electron chi connectivity index (χ0n) is 15.7. The lowest BCUT2D eigenvalue weighted by atomic mass is 10.2. The number of anilines is 1. The number of benzene rings is 2. The number of hydrogen-bond donors (Lipinski definition) is 1. The third-order valence-electron chi connectivity index (χ3n) is 3.96. The molecule has 1 N–H and O–H groups in total. The third kappa shape index (κ3) is 5.22. The summed E-state index contributed by atoms with van der Waals surface area (Å²) in [6.45, 7) is 4.40. The van der Waals surface area contributed by atoms with Gasteiger partial charge in [-0.2, -0.15) is 0 Å². The van der Waals surface area contributed by atoms with Crippen molar-refractivity contribution >= 4 is 50.2 Å². The summed E-state index contributed by atoms with van der Waals surface area (Å²) >= 11 is 4.43. The van der Waals surface area contributed by atoms with Crippen LogP contribution in [-0.4, -0.2) is 21.2 Å². The fourth-order valence-electron chi connectivity index (χ4n) is 2.72. The number of rotatable bonds is 6. The van der Waals surface area contributed by atoms with Crippen molar-refractivity contribution < 1.29 is 13.6 Å². The first-order chi connectivity index (χ1) is 13.7. The molecule has 1 heterocycles. The van der Waals surface area contributed by atoms with Crippen LogP contribution in [0.5, 0.6) is 0 Å². The van der Waals surface area contributed by atoms with Gasteiger partial charge in [0.2, 0.25) is 5.91 Å². The molecule has 0 saturated carbocycles. The number of amides is 1. The monoisotopic (exact) mass is 481 g/mol. The van der Waals surface area contributed by atoms with Crippen LogP contribution in [0.3, 0.4) is 0 Å². The zero-order valence-corrected chi connectivity index (χ0v) is 18.1. The number of nitrogens with zero attached hydrogens (tertiary/aromatic N) is 2. The van der Waals surface area contributed by atoms with E-state index in [4.69, 9.17) is 0 Å². The largest absolute Gasteiger partial charge is 0.323 e. The first-order valence-corrected chi connectivity index (χ1v) is 10.6. The average Bonchev–Trinajstić information content (AvgIpc) is 2.66. The maximum atomic E-state index is 13.7. The highest BCUT2D eigenvalue weighted by Gasteiger charge is 2.15. The number of halogens is 3. The minimum Gasteiger partial charge on any atom is -0.323 e. The maximum Gasteiger partial charge on any atom is 0.262 e. The van der Waals surface area contributed by atoms with Gasteiger partial charge in [0.15, 0.2) is 5.16 Å². The second kappa shape index (κ2) is 9.04. The molecular formula is C20H18BrF2N3O2S. The highest BCUT2D eigenvalue weighted by atomic mass is 79.9. The van der Waals surface area contributed by atoms with E-state index in [0.29, 0.717) is 22.6 Å². The predicted octanol–water partition coefficient (Wildman–Crippen LogP) is 4.82. The van der Waals surface area contributed by atoms with Crippen LogP contribution >= 0.6 is 27.7 Å². The van der Waals surface area contributed by atoms with E-state index >= 15 is 0 Å². The Morgan fingerprint density at radius 1 is 1.24 bits per heavy atom. The summed E-state index contributed by atoms with van der Waals surface area (Å²) in [5.41, 5.74) is 0.105. The standard InChI is InChI=1S/C20H18BrF2N3O2S/c1-11(2)9-26-19(28)14-7-12(21)3-6-16(14)25-20(26)29-10-18(27)24-17-8-13(22)4-5-15(17)23/h3-8,11H,9-10H2,1-2H3,(H,24,27). The van der Waals surface area contributed by atoms with Crippen molar-refractivity contribution in [3.63, 3.8) is 0 Å². The van der Waals surface area contributed by atoms with Gasteiger partial charge in [-0.05, 0) is 36.2 Å². The summed E-state index contributed by atoms with van der Waals surface area (Å²) in [5, 5.41) is 3.22. The Balaban J connectivity index is 1.86. The molecule has 0 spiro atoms. The fourth-order valence-corrected chi connectivity index (χ4v) is 3.89. The van der Waals surface area contributed by atoms with Gasteiger partial charge in [-0.1, -0.05) is 41.5 Å². The summed E-state index contributed by atoms with van der Waals surface area (Å²) in [5.74, 6) is -1.82. The third-order valence-corrected chi connectivity index (χ3v) is 5.43.